The Morgan fingerprint density at radius 3 is 2.64 bits per heavy atom. The Kier molecular flexibility index (Phi) is 4.63. The van der Waals surface area contributed by atoms with Crippen molar-refractivity contribution in [3.63, 3.8) is 0 Å². The van der Waals surface area contributed by atoms with Crippen molar-refractivity contribution in [1.82, 2.24) is 15.1 Å². The van der Waals surface area contributed by atoms with Crippen molar-refractivity contribution in [2.24, 2.45) is 0 Å². The highest BCUT2D eigenvalue weighted by molar-refractivity contribution is 6.05. The lowest BCUT2D eigenvalue weighted by atomic mass is 10.0. The van der Waals surface area contributed by atoms with E-state index in [4.69, 9.17) is 16.3 Å². The first-order valence-electron chi connectivity index (χ1n) is 13.3. The molecule has 0 saturated carbocycles. The molecule has 1 atom stereocenters. The Balaban J connectivity index is 1.32. The fourth-order valence-electron chi connectivity index (χ4n) is 4.10. The van der Waals surface area contributed by atoms with E-state index >= 15 is 0 Å². The molecular formula is C25H27N3O5. The van der Waals surface area contributed by atoms with Gasteiger partial charge in [-0.15, -0.1) is 0 Å². The highest BCUT2D eigenvalue weighted by Crippen LogP contribution is 2.34. The molecule has 3 amide bonds. The summed E-state index contributed by atoms with van der Waals surface area (Å²) in [6, 6.07) is 9.63. The van der Waals surface area contributed by atoms with Gasteiger partial charge in [0.05, 0.1) is 21.1 Å². The minimum absolute atomic E-state index is 0.121. The molecule has 1 N–H and O–H groups in total. The molecular weight excluding hydrogens is 422 g/mol. The average Bonchev–Trinajstić information content (AvgIpc) is 3.24. The number of nitrogens with zero attached hydrogens (tertiary/aromatic N) is 2. The van der Waals surface area contributed by atoms with E-state index in [0.717, 1.165) is 44.0 Å². The van der Waals surface area contributed by atoms with Gasteiger partial charge >= 0.3 is 0 Å². The molecule has 2 aromatic carbocycles. The molecule has 3 heterocycles. The fraction of sp³-hybridized carbons (Fsp3) is 0.400. The number of nitrogens with one attached hydrogen (secondary N) is 1. The van der Waals surface area contributed by atoms with Gasteiger partial charge in [-0.25, -0.2) is 0 Å². The number of fused-ring (bicyclic) bond motifs is 1. The molecule has 2 fully saturated rings. The topological polar surface area (TPSA) is 88.2 Å². The van der Waals surface area contributed by atoms with Crippen molar-refractivity contribution in [3.8, 4) is 5.75 Å². The summed E-state index contributed by atoms with van der Waals surface area (Å²) in [4.78, 5) is 40.9. The van der Waals surface area contributed by atoms with Crippen molar-refractivity contribution in [3.05, 3.63) is 64.7 Å². The Morgan fingerprint density at radius 1 is 1.09 bits per heavy atom. The smallest absolute Gasteiger partial charge is 0.255 e. The highest BCUT2D eigenvalue weighted by Gasteiger charge is 2.40. The molecule has 172 valence electrons. The maximum atomic E-state index is 13.2. The molecule has 0 radical (unpaired) electrons. The zero-order chi connectivity index (χ0) is 27.3. The van der Waals surface area contributed by atoms with E-state index in [9.17, 15) is 14.4 Å². The second-order valence-corrected chi connectivity index (χ2v) is 8.05. The van der Waals surface area contributed by atoms with Gasteiger partial charge in [-0.1, -0.05) is 30.3 Å². The van der Waals surface area contributed by atoms with Gasteiger partial charge < -0.3 is 14.4 Å². The zero-order valence-corrected chi connectivity index (χ0v) is 17.9. The van der Waals surface area contributed by atoms with Crippen LogP contribution in [0.3, 0.4) is 0 Å². The van der Waals surface area contributed by atoms with Crippen LogP contribution in [0.2, 0.25) is 0 Å². The van der Waals surface area contributed by atoms with Crippen molar-refractivity contribution in [2.75, 3.05) is 26.3 Å². The molecule has 0 unspecified atom stereocenters. The van der Waals surface area contributed by atoms with Crippen molar-refractivity contribution in [2.45, 2.75) is 38.5 Å². The minimum Gasteiger partial charge on any atom is -0.489 e. The van der Waals surface area contributed by atoms with Crippen molar-refractivity contribution < 1.29 is 30.7 Å². The Labute approximate surface area is 199 Å². The van der Waals surface area contributed by atoms with Crippen LogP contribution in [0.15, 0.2) is 42.5 Å². The molecule has 3 aliphatic heterocycles. The van der Waals surface area contributed by atoms with Crippen LogP contribution < -0.4 is 10.1 Å². The van der Waals surface area contributed by atoms with Crippen LogP contribution in [-0.4, -0.2) is 59.8 Å². The summed E-state index contributed by atoms with van der Waals surface area (Å²) in [7, 11) is 0. The molecule has 8 heteroatoms. The quantitative estimate of drug-likeness (QED) is 0.671. The van der Waals surface area contributed by atoms with E-state index in [1.807, 2.05) is 24.3 Å². The Morgan fingerprint density at radius 2 is 1.85 bits per heavy atom. The second-order valence-electron chi connectivity index (χ2n) is 8.05. The molecule has 0 spiro atoms. The predicted molar refractivity (Wildman–Crippen MR) is 119 cm³/mol. The lowest BCUT2D eigenvalue weighted by Crippen LogP contribution is -2.52. The maximum Gasteiger partial charge on any atom is 0.255 e. The average molecular weight is 455 g/mol. The monoisotopic (exact) mass is 454 g/mol. The number of amides is 3. The summed E-state index contributed by atoms with van der Waals surface area (Å²) in [5, 5.41) is 1.72. The van der Waals surface area contributed by atoms with E-state index in [-0.39, 0.29) is 18.7 Å². The van der Waals surface area contributed by atoms with Crippen LogP contribution in [0, 0.1) is 0 Å². The van der Waals surface area contributed by atoms with E-state index in [2.05, 4.69) is 4.90 Å². The molecule has 0 bridgehead atoms. The number of benzene rings is 2. The first-order chi connectivity index (χ1) is 18.0. The van der Waals surface area contributed by atoms with Crippen LogP contribution in [0.4, 0.5) is 0 Å². The summed E-state index contributed by atoms with van der Waals surface area (Å²) in [6.07, 6.45) is -6.54. The molecule has 33 heavy (non-hydrogen) atoms. The number of imide groups is 1. The van der Waals surface area contributed by atoms with Crippen LogP contribution in [-0.2, 0) is 34.0 Å². The van der Waals surface area contributed by atoms with Gasteiger partial charge in [0, 0.05) is 42.6 Å². The van der Waals surface area contributed by atoms with Crippen LogP contribution in [0.5, 0.6) is 5.75 Å². The van der Waals surface area contributed by atoms with Gasteiger partial charge in [0.1, 0.15) is 18.4 Å². The minimum atomic E-state index is -3.32. The third-order valence-corrected chi connectivity index (χ3v) is 5.86. The number of piperidine rings is 1. The summed E-state index contributed by atoms with van der Waals surface area (Å²) in [6.45, 7) is 3.90. The largest absolute Gasteiger partial charge is 0.489 e. The van der Waals surface area contributed by atoms with Gasteiger partial charge in [0.15, 0.2) is 0 Å². The van der Waals surface area contributed by atoms with Gasteiger partial charge in [-0.05, 0) is 29.6 Å². The van der Waals surface area contributed by atoms with Crippen LogP contribution in [0.1, 0.15) is 46.6 Å². The predicted octanol–water partition coefficient (Wildman–Crippen LogP) is 1.86. The van der Waals surface area contributed by atoms with Gasteiger partial charge in [-0.2, -0.15) is 0 Å². The summed E-state index contributed by atoms with van der Waals surface area (Å²) in [5.74, 6) is -3.38. The number of morpholine rings is 1. The fourth-order valence-corrected chi connectivity index (χ4v) is 4.10. The first-order valence-corrected chi connectivity index (χ1v) is 10.8. The van der Waals surface area contributed by atoms with Gasteiger partial charge in [0.2, 0.25) is 11.8 Å². The SMILES string of the molecule is [2H]C1([2H])C(=O)NC(=O)[C@@]([2H])(N2Cc3c(OCc4ccc(CN5CCOCC5)cc4)cccc3C2=O)C1([2H])[2H]. The Bertz CT molecular complexity index is 1280. The molecule has 8 nitrogen and oxygen atoms in total. The highest BCUT2D eigenvalue weighted by atomic mass is 16.5. The van der Waals surface area contributed by atoms with E-state index in [1.54, 1.807) is 17.4 Å². The van der Waals surface area contributed by atoms with Crippen LogP contribution in [0.25, 0.3) is 0 Å². The Hall–Kier alpha value is -3.23. The molecule has 2 aromatic rings. The zero-order valence-electron chi connectivity index (χ0n) is 22.9. The third-order valence-electron chi connectivity index (χ3n) is 5.86. The standard InChI is InChI=1S/C25H27N3O5/c29-23-9-8-21(24(30)26-23)28-15-20-19(25(28)31)2-1-3-22(20)33-16-18-6-4-17(5-7-18)14-27-10-12-32-13-11-27/h1-7,21H,8-16H2,(H,26,29,30)/t21-/m0/s1/i8D2,9D2,21D. The molecule has 5 rings (SSSR count). The van der Waals surface area contributed by atoms with Crippen molar-refractivity contribution >= 4 is 17.7 Å². The van der Waals surface area contributed by atoms with Crippen LogP contribution >= 0.6 is 0 Å². The normalized spacial score (nSPS) is 28.7. The van der Waals surface area contributed by atoms with E-state index < -0.39 is 36.5 Å². The molecule has 3 aliphatic rings. The number of carbonyl (C=O) groups is 3. The van der Waals surface area contributed by atoms with Gasteiger partial charge in [-0.3, -0.25) is 24.6 Å². The second kappa shape index (κ2) is 9.33. The molecule has 0 aromatic heterocycles. The van der Waals surface area contributed by atoms with E-state index in [0.29, 0.717) is 16.2 Å². The number of hydrogen-bond acceptors (Lipinski definition) is 6. The lowest BCUT2D eigenvalue weighted by molar-refractivity contribution is -0.136. The van der Waals surface area contributed by atoms with E-state index in [1.165, 1.54) is 6.07 Å². The first kappa shape index (κ1) is 16.4. The number of carbonyl (C=O) groups excluding carboxylic acids is 3. The lowest BCUT2D eigenvalue weighted by Gasteiger charge is -2.29. The molecule has 2 saturated heterocycles. The van der Waals surface area contributed by atoms with Gasteiger partial charge in [0.25, 0.3) is 5.91 Å². The number of ether oxygens (including phenoxy) is 2. The maximum absolute atomic E-state index is 13.2. The number of rotatable bonds is 6. The summed E-state index contributed by atoms with van der Waals surface area (Å²) in [5.41, 5.74) is 2.53. The molecule has 0 aliphatic carbocycles. The third kappa shape index (κ3) is 4.62. The summed E-state index contributed by atoms with van der Waals surface area (Å²) >= 11 is 0. The number of hydrogen-bond donors (Lipinski definition) is 1. The van der Waals surface area contributed by atoms with Crippen molar-refractivity contribution in [1.29, 1.82) is 0 Å². The summed E-state index contributed by atoms with van der Waals surface area (Å²) < 4.78 is 52.3.